The average molecular weight is 414 g/mol. The number of hydrogen-bond donors (Lipinski definition) is 2. The SMILES string of the molecule is CCCCCCCCCCCCCCCCCN.O=S(=O)(O)c1ccccc1. The summed E-state index contributed by atoms with van der Waals surface area (Å²) in [5.41, 5.74) is 5.48. The van der Waals surface area contributed by atoms with Crippen molar-refractivity contribution in [2.45, 2.75) is 108 Å². The Hall–Kier alpha value is -0.910. The van der Waals surface area contributed by atoms with Crippen LogP contribution in [-0.4, -0.2) is 19.5 Å². The summed E-state index contributed by atoms with van der Waals surface area (Å²) in [6.07, 6.45) is 21.4. The number of benzene rings is 1. The Morgan fingerprint density at radius 3 is 1.32 bits per heavy atom. The molecule has 0 spiro atoms. The fraction of sp³-hybridized carbons (Fsp3) is 0.739. The van der Waals surface area contributed by atoms with E-state index in [-0.39, 0.29) is 4.90 Å². The second-order valence-electron chi connectivity index (χ2n) is 7.53. The Bertz CT molecular complexity index is 516. The summed E-state index contributed by atoms with van der Waals surface area (Å²) in [5, 5.41) is 0. The molecule has 4 nitrogen and oxygen atoms in total. The van der Waals surface area contributed by atoms with E-state index in [0.717, 1.165) is 6.54 Å². The predicted octanol–water partition coefficient (Wildman–Crippen LogP) is 6.75. The molecule has 0 saturated carbocycles. The largest absolute Gasteiger partial charge is 0.330 e. The van der Waals surface area contributed by atoms with Crippen LogP contribution in [0.1, 0.15) is 103 Å². The van der Waals surface area contributed by atoms with E-state index in [1.54, 1.807) is 18.2 Å². The lowest BCUT2D eigenvalue weighted by atomic mass is 10.0. The molecule has 3 N–H and O–H groups in total. The highest BCUT2D eigenvalue weighted by molar-refractivity contribution is 7.85. The van der Waals surface area contributed by atoms with Gasteiger partial charge in [0.15, 0.2) is 0 Å². The number of unbranched alkanes of at least 4 members (excludes halogenated alkanes) is 14. The molecule has 0 bridgehead atoms. The molecule has 0 unspecified atom stereocenters. The van der Waals surface area contributed by atoms with Crippen molar-refractivity contribution < 1.29 is 13.0 Å². The second-order valence-corrected chi connectivity index (χ2v) is 8.95. The highest BCUT2D eigenvalue weighted by atomic mass is 32.2. The van der Waals surface area contributed by atoms with Crippen molar-refractivity contribution in [1.29, 1.82) is 0 Å². The molecule has 1 aromatic rings. The van der Waals surface area contributed by atoms with Crippen LogP contribution >= 0.6 is 0 Å². The summed E-state index contributed by atoms with van der Waals surface area (Å²) < 4.78 is 29.2. The summed E-state index contributed by atoms with van der Waals surface area (Å²) >= 11 is 0. The van der Waals surface area contributed by atoms with Gasteiger partial charge >= 0.3 is 0 Å². The molecule has 164 valence electrons. The van der Waals surface area contributed by atoms with Gasteiger partial charge < -0.3 is 5.73 Å². The van der Waals surface area contributed by atoms with Gasteiger partial charge in [-0.15, -0.1) is 0 Å². The molecule has 0 amide bonds. The van der Waals surface area contributed by atoms with E-state index in [1.165, 1.54) is 108 Å². The monoisotopic (exact) mass is 413 g/mol. The summed E-state index contributed by atoms with van der Waals surface area (Å²) in [5.74, 6) is 0. The molecule has 28 heavy (non-hydrogen) atoms. The molecule has 1 rings (SSSR count). The molecule has 0 saturated heterocycles. The minimum Gasteiger partial charge on any atom is -0.330 e. The van der Waals surface area contributed by atoms with Gasteiger partial charge in [0.05, 0.1) is 4.90 Å². The standard InChI is InChI=1S/C17H37N.C6H6O3S/c1-2-3-4-5-6-7-8-9-10-11-12-13-14-15-16-17-18;7-10(8,9)6-4-2-1-3-5-6/h2-18H2,1H3;1-5H,(H,7,8,9). The van der Waals surface area contributed by atoms with Crippen molar-refractivity contribution in [3.05, 3.63) is 30.3 Å². The van der Waals surface area contributed by atoms with Crippen LogP contribution < -0.4 is 5.73 Å². The van der Waals surface area contributed by atoms with Gasteiger partial charge in [0.25, 0.3) is 10.1 Å². The third-order valence-electron chi connectivity index (χ3n) is 4.85. The minimum absolute atomic E-state index is 0.0741. The van der Waals surface area contributed by atoms with Crippen molar-refractivity contribution in [2.24, 2.45) is 5.73 Å². The molecule has 0 aromatic heterocycles. The van der Waals surface area contributed by atoms with Crippen molar-refractivity contribution in [1.82, 2.24) is 0 Å². The van der Waals surface area contributed by atoms with E-state index < -0.39 is 10.1 Å². The Balaban J connectivity index is 0.000000609. The Labute approximate surface area is 174 Å². The van der Waals surface area contributed by atoms with E-state index in [2.05, 4.69) is 6.92 Å². The van der Waals surface area contributed by atoms with Crippen LogP contribution in [0, 0.1) is 0 Å². The molecule has 0 aliphatic heterocycles. The average Bonchev–Trinajstić information content (AvgIpc) is 2.69. The molecule has 1 aromatic carbocycles. The van der Waals surface area contributed by atoms with Gasteiger partial charge in [0.1, 0.15) is 0 Å². The smallest absolute Gasteiger partial charge is 0.294 e. The Kier molecular flexibility index (Phi) is 18.8. The quantitative estimate of drug-likeness (QED) is 0.232. The van der Waals surface area contributed by atoms with Gasteiger partial charge in [-0.25, -0.2) is 0 Å². The fourth-order valence-corrected chi connectivity index (χ4v) is 3.61. The van der Waals surface area contributed by atoms with E-state index >= 15 is 0 Å². The van der Waals surface area contributed by atoms with Crippen LogP contribution in [0.5, 0.6) is 0 Å². The Morgan fingerprint density at radius 2 is 1.04 bits per heavy atom. The molecular weight excluding hydrogens is 370 g/mol. The van der Waals surface area contributed by atoms with E-state index in [9.17, 15) is 8.42 Å². The van der Waals surface area contributed by atoms with E-state index in [4.69, 9.17) is 10.3 Å². The molecular formula is C23H43NO3S. The number of hydrogen-bond acceptors (Lipinski definition) is 3. The number of nitrogens with two attached hydrogens (primary N) is 1. The van der Waals surface area contributed by atoms with Gasteiger partial charge in [-0.1, -0.05) is 115 Å². The maximum absolute atomic E-state index is 10.4. The molecule has 0 aliphatic carbocycles. The fourth-order valence-electron chi connectivity index (χ4n) is 3.11. The molecule has 0 fully saturated rings. The van der Waals surface area contributed by atoms with Crippen molar-refractivity contribution in [2.75, 3.05) is 6.54 Å². The third kappa shape index (κ3) is 18.5. The van der Waals surface area contributed by atoms with Crippen LogP contribution in [0.25, 0.3) is 0 Å². The molecule has 0 radical (unpaired) electrons. The first-order valence-corrected chi connectivity index (χ1v) is 12.7. The molecule has 0 aliphatic rings. The van der Waals surface area contributed by atoms with Gasteiger partial charge in [0, 0.05) is 0 Å². The van der Waals surface area contributed by atoms with Gasteiger partial charge in [-0.3, -0.25) is 4.55 Å². The third-order valence-corrected chi connectivity index (χ3v) is 5.72. The first-order chi connectivity index (χ1) is 13.5. The van der Waals surface area contributed by atoms with Crippen LogP contribution in [0.3, 0.4) is 0 Å². The molecule has 0 atom stereocenters. The molecule has 5 heteroatoms. The summed E-state index contributed by atoms with van der Waals surface area (Å²) in [7, 11) is -4.00. The minimum atomic E-state index is -4.00. The van der Waals surface area contributed by atoms with Gasteiger partial charge in [-0.2, -0.15) is 8.42 Å². The lowest BCUT2D eigenvalue weighted by Gasteiger charge is -2.03. The van der Waals surface area contributed by atoms with Crippen LogP contribution in [0.15, 0.2) is 35.2 Å². The summed E-state index contributed by atoms with van der Waals surface area (Å²) in [6, 6.07) is 7.42. The van der Waals surface area contributed by atoms with Crippen LogP contribution in [0.2, 0.25) is 0 Å². The highest BCUT2D eigenvalue weighted by Gasteiger charge is 2.05. The van der Waals surface area contributed by atoms with Crippen molar-refractivity contribution in [3.8, 4) is 0 Å². The topological polar surface area (TPSA) is 80.4 Å². The maximum atomic E-state index is 10.4. The van der Waals surface area contributed by atoms with Crippen molar-refractivity contribution >= 4 is 10.1 Å². The lowest BCUT2D eigenvalue weighted by molar-refractivity contribution is 0.483. The normalized spacial score (nSPS) is 11.1. The van der Waals surface area contributed by atoms with Gasteiger partial charge in [0.2, 0.25) is 0 Å². The first-order valence-electron chi connectivity index (χ1n) is 11.2. The first kappa shape index (κ1) is 27.1. The molecule has 0 heterocycles. The van der Waals surface area contributed by atoms with E-state index in [1.807, 2.05) is 0 Å². The maximum Gasteiger partial charge on any atom is 0.294 e. The van der Waals surface area contributed by atoms with Crippen LogP contribution in [0.4, 0.5) is 0 Å². The summed E-state index contributed by atoms with van der Waals surface area (Å²) in [4.78, 5) is -0.0741. The predicted molar refractivity (Wildman–Crippen MR) is 120 cm³/mol. The zero-order valence-corrected chi connectivity index (χ0v) is 18.8. The summed E-state index contributed by atoms with van der Waals surface area (Å²) in [6.45, 7) is 3.16. The van der Waals surface area contributed by atoms with E-state index in [0.29, 0.717) is 0 Å². The second kappa shape index (κ2) is 19.4. The number of rotatable bonds is 16. The highest BCUT2D eigenvalue weighted by Crippen LogP contribution is 2.13. The van der Waals surface area contributed by atoms with Gasteiger partial charge in [-0.05, 0) is 25.1 Å². The lowest BCUT2D eigenvalue weighted by Crippen LogP contribution is -1.97. The van der Waals surface area contributed by atoms with Crippen LogP contribution in [-0.2, 0) is 10.1 Å². The zero-order chi connectivity index (χ0) is 20.9. The van der Waals surface area contributed by atoms with Crippen molar-refractivity contribution in [3.63, 3.8) is 0 Å². The zero-order valence-electron chi connectivity index (χ0n) is 17.9. The Morgan fingerprint density at radius 1 is 0.679 bits per heavy atom.